The average Bonchev–Trinajstić information content (AvgIpc) is 2.59. The Labute approximate surface area is 90.1 Å². The van der Waals surface area contributed by atoms with Crippen molar-refractivity contribution in [1.82, 2.24) is 4.90 Å². The van der Waals surface area contributed by atoms with Gasteiger partial charge < -0.3 is 5.11 Å². The average molecular weight is 207 g/mol. The Bertz CT molecular complexity index is 280. The predicted octanol–water partition coefficient (Wildman–Crippen LogP) is 1.53. The van der Waals surface area contributed by atoms with Crippen LogP contribution in [0.5, 0.6) is 0 Å². The summed E-state index contributed by atoms with van der Waals surface area (Å²) < 4.78 is 0. The lowest BCUT2D eigenvalue weighted by molar-refractivity contribution is -0.131. The standard InChI is InChI=1S/C12H17NO2/c14-12(15)6-3-7-13-8-10-4-1-2-5-11(10)9-13/h1-3,6,10-11H,4-5,7-9H2,(H,14,15)/b6-3+. The molecule has 0 aromatic heterocycles. The van der Waals surface area contributed by atoms with Crippen LogP contribution in [0, 0.1) is 11.8 Å². The number of nitrogens with zero attached hydrogens (tertiary/aromatic N) is 1. The molecule has 0 amide bonds. The fraction of sp³-hybridized carbons (Fsp3) is 0.583. The van der Waals surface area contributed by atoms with Gasteiger partial charge in [0.05, 0.1) is 0 Å². The van der Waals surface area contributed by atoms with Crippen molar-refractivity contribution in [3.05, 3.63) is 24.3 Å². The molecule has 1 N–H and O–H groups in total. The third-order valence-electron chi connectivity index (χ3n) is 3.32. The summed E-state index contributed by atoms with van der Waals surface area (Å²) >= 11 is 0. The minimum Gasteiger partial charge on any atom is -0.478 e. The van der Waals surface area contributed by atoms with E-state index in [0.717, 1.165) is 31.5 Å². The molecule has 1 aliphatic heterocycles. The first-order valence-electron chi connectivity index (χ1n) is 5.52. The minimum atomic E-state index is -0.853. The maximum Gasteiger partial charge on any atom is 0.328 e. The zero-order valence-corrected chi connectivity index (χ0v) is 8.80. The summed E-state index contributed by atoms with van der Waals surface area (Å²) in [7, 11) is 0. The molecule has 0 radical (unpaired) electrons. The molecular weight excluding hydrogens is 190 g/mol. The second kappa shape index (κ2) is 4.62. The molecule has 0 saturated carbocycles. The van der Waals surface area contributed by atoms with E-state index in [1.807, 2.05) is 0 Å². The van der Waals surface area contributed by atoms with E-state index in [1.165, 1.54) is 18.9 Å². The van der Waals surface area contributed by atoms with Crippen LogP contribution in [0.4, 0.5) is 0 Å². The number of carboxylic acid groups (broad SMARTS) is 1. The van der Waals surface area contributed by atoms with E-state index in [4.69, 9.17) is 5.11 Å². The smallest absolute Gasteiger partial charge is 0.328 e. The highest BCUT2D eigenvalue weighted by Gasteiger charge is 2.31. The quantitative estimate of drug-likeness (QED) is 0.563. The summed E-state index contributed by atoms with van der Waals surface area (Å²) in [6, 6.07) is 0. The Hall–Kier alpha value is -1.09. The van der Waals surface area contributed by atoms with Crippen molar-refractivity contribution in [1.29, 1.82) is 0 Å². The number of rotatable bonds is 3. The SMILES string of the molecule is O=C(O)/C=C/CN1CC2CC=CCC2C1. The Morgan fingerprint density at radius 2 is 1.93 bits per heavy atom. The molecule has 0 spiro atoms. The Balaban J connectivity index is 1.80. The first-order chi connectivity index (χ1) is 7.25. The van der Waals surface area contributed by atoms with Gasteiger partial charge in [0.2, 0.25) is 0 Å². The maximum atomic E-state index is 10.3. The largest absolute Gasteiger partial charge is 0.478 e. The lowest BCUT2D eigenvalue weighted by Crippen LogP contribution is -2.20. The number of fused-ring (bicyclic) bond motifs is 1. The molecule has 82 valence electrons. The second-order valence-electron chi connectivity index (χ2n) is 4.42. The molecule has 0 aromatic carbocycles. The molecule has 2 rings (SSSR count). The van der Waals surface area contributed by atoms with Gasteiger partial charge >= 0.3 is 5.97 Å². The zero-order chi connectivity index (χ0) is 10.7. The van der Waals surface area contributed by atoms with Gasteiger partial charge in [-0.2, -0.15) is 0 Å². The van der Waals surface area contributed by atoms with Crippen LogP contribution in [-0.2, 0) is 4.79 Å². The number of carboxylic acids is 1. The van der Waals surface area contributed by atoms with Gasteiger partial charge in [0.15, 0.2) is 0 Å². The summed E-state index contributed by atoms with van der Waals surface area (Å²) in [6.45, 7) is 3.03. The van der Waals surface area contributed by atoms with Crippen molar-refractivity contribution >= 4 is 5.97 Å². The van der Waals surface area contributed by atoms with Crippen molar-refractivity contribution in [3.63, 3.8) is 0 Å². The molecule has 3 heteroatoms. The van der Waals surface area contributed by atoms with E-state index in [9.17, 15) is 4.79 Å². The van der Waals surface area contributed by atoms with Crippen molar-refractivity contribution in [2.45, 2.75) is 12.8 Å². The lowest BCUT2D eigenvalue weighted by Gasteiger charge is -2.18. The van der Waals surface area contributed by atoms with Gasteiger partial charge in [0, 0.05) is 25.7 Å². The predicted molar refractivity (Wildman–Crippen MR) is 58.6 cm³/mol. The molecular formula is C12H17NO2. The van der Waals surface area contributed by atoms with E-state index in [2.05, 4.69) is 17.1 Å². The summed E-state index contributed by atoms with van der Waals surface area (Å²) in [5, 5.41) is 8.48. The number of likely N-dealkylation sites (tertiary alicyclic amines) is 1. The van der Waals surface area contributed by atoms with E-state index in [1.54, 1.807) is 6.08 Å². The van der Waals surface area contributed by atoms with Crippen LogP contribution in [0.15, 0.2) is 24.3 Å². The van der Waals surface area contributed by atoms with Gasteiger partial charge in [-0.15, -0.1) is 0 Å². The van der Waals surface area contributed by atoms with Crippen LogP contribution >= 0.6 is 0 Å². The van der Waals surface area contributed by atoms with Gasteiger partial charge in [-0.1, -0.05) is 18.2 Å². The van der Waals surface area contributed by atoms with E-state index in [0.29, 0.717) is 0 Å². The van der Waals surface area contributed by atoms with Crippen molar-refractivity contribution in [2.24, 2.45) is 11.8 Å². The van der Waals surface area contributed by atoms with Crippen molar-refractivity contribution in [2.75, 3.05) is 19.6 Å². The van der Waals surface area contributed by atoms with Crippen LogP contribution in [0.2, 0.25) is 0 Å². The minimum absolute atomic E-state index is 0.777. The molecule has 1 saturated heterocycles. The second-order valence-corrected chi connectivity index (χ2v) is 4.42. The lowest BCUT2D eigenvalue weighted by atomic mass is 9.86. The molecule has 0 aromatic rings. The zero-order valence-electron chi connectivity index (χ0n) is 8.80. The van der Waals surface area contributed by atoms with Gasteiger partial charge in [-0.05, 0) is 24.7 Å². The van der Waals surface area contributed by atoms with Crippen LogP contribution in [0.1, 0.15) is 12.8 Å². The monoisotopic (exact) mass is 207 g/mol. The topological polar surface area (TPSA) is 40.5 Å². The maximum absolute atomic E-state index is 10.3. The number of hydrogen-bond acceptors (Lipinski definition) is 2. The van der Waals surface area contributed by atoms with Gasteiger partial charge in [-0.3, -0.25) is 4.90 Å². The fourth-order valence-corrected chi connectivity index (χ4v) is 2.56. The molecule has 1 aliphatic carbocycles. The number of hydrogen-bond donors (Lipinski definition) is 1. The summed E-state index contributed by atoms with van der Waals surface area (Å²) in [5.41, 5.74) is 0. The molecule has 1 heterocycles. The number of aliphatic carboxylic acids is 1. The molecule has 2 atom stereocenters. The summed E-state index contributed by atoms with van der Waals surface area (Å²) in [4.78, 5) is 12.7. The van der Waals surface area contributed by atoms with Crippen LogP contribution in [0.3, 0.4) is 0 Å². The van der Waals surface area contributed by atoms with Crippen LogP contribution < -0.4 is 0 Å². The van der Waals surface area contributed by atoms with E-state index >= 15 is 0 Å². The Morgan fingerprint density at radius 1 is 1.33 bits per heavy atom. The fourth-order valence-electron chi connectivity index (χ4n) is 2.56. The van der Waals surface area contributed by atoms with E-state index < -0.39 is 5.97 Å². The third-order valence-corrected chi connectivity index (χ3v) is 3.32. The Morgan fingerprint density at radius 3 is 2.47 bits per heavy atom. The molecule has 0 bridgehead atoms. The molecule has 2 unspecified atom stereocenters. The molecule has 3 nitrogen and oxygen atoms in total. The van der Waals surface area contributed by atoms with Gasteiger partial charge in [0.25, 0.3) is 0 Å². The highest BCUT2D eigenvalue weighted by atomic mass is 16.4. The highest BCUT2D eigenvalue weighted by molar-refractivity contribution is 5.79. The molecule has 2 aliphatic rings. The van der Waals surface area contributed by atoms with Gasteiger partial charge in [0.1, 0.15) is 0 Å². The first-order valence-corrected chi connectivity index (χ1v) is 5.52. The van der Waals surface area contributed by atoms with Crippen molar-refractivity contribution < 1.29 is 9.90 Å². The van der Waals surface area contributed by atoms with Gasteiger partial charge in [-0.25, -0.2) is 4.79 Å². The third kappa shape index (κ3) is 2.69. The number of carbonyl (C=O) groups is 1. The number of allylic oxidation sites excluding steroid dienone is 2. The molecule has 1 fully saturated rings. The summed E-state index contributed by atoms with van der Waals surface area (Å²) in [5.74, 6) is 0.745. The highest BCUT2D eigenvalue weighted by Crippen LogP contribution is 2.32. The van der Waals surface area contributed by atoms with Crippen molar-refractivity contribution in [3.8, 4) is 0 Å². The normalized spacial score (nSPS) is 30.9. The van der Waals surface area contributed by atoms with Crippen LogP contribution in [0.25, 0.3) is 0 Å². The van der Waals surface area contributed by atoms with Crippen LogP contribution in [-0.4, -0.2) is 35.6 Å². The first kappa shape index (κ1) is 10.4. The summed E-state index contributed by atoms with van der Waals surface area (Å²) in [6.07, 6.45) is 9.93. The molecule has 15 heavy (non-hydrogen) atoms. The Kier molecular flexibility index (Phi) is 3.21. The van der Waals surface area contributed by atoms with E-state index in [-0.39, 0.29) is 0 Å².